The van der Waals surface area contributed by atoms with Crippen LogP contribution in [0.3, 0.4) is 0 Å². The maximum absolute atomic E-state index is 12.7. The molecule has 0 aliphatic rings. The van der Waals surface area contributed by atoms with Crippen molar-refractivity contribution in [3.8, 4) is 11.5 Å². The minimum atomic E-state index is -2.01. The highest BCUT2D eigenvalue weighted by Crippen LogP contribution is 2.37. The fraction of sp³-hybridized carbons (Fsp3) is 0.333. The van der Waals surface area contributed by atoms with Crippen LogP contribution < -0.4 is 0 Å². The molecule has 6 heteroatoms. The number of benzene rings is 2. The van der Waals surface area contributed by atoms with Gasteiger partial charge in [-0.1, -0.05) is 44.5 Å². The number of ketones is 1. The van der Waals surface area contributed by atoms with Crippen molar-refractivity contribution in [2.45, 2.75) is 51.9 Å². The van der Waals surface area contributed by atoms with E-state index in [4.69, 9.17) is 20.4 Å². The normalized spacial score (nSPS) is 13.8. The molecule has 0 spiro atoms. The molecule has 0 bridgehead atoms. The summed E-state index contributed by atoms with van der Waals surface area (Å²) in [5, 5.41) is 0.710. The summed E-state index contributed by atoms with van der Waals surface area (Å²) in [5.41, 5.74) is 3.05. The molecule has 30 heavy (non-hydrogen) atoms. The summed E-state index contributed by atoms with van der Waals surface area (Å²) < 4.78 is 12.1. The lowest BCUT2D eigenvalue weighted by molar-refractivity contribution is -0.120. The Morgan fingerprint density at radius 3 is 2.47 bits per heavy atom. The van der Waals surface area contributed by atoms with Crippen molar-refractivity contribution in [3.63, 3.8) is 0 Å². The van der Waals surface area contributed by atoms with Crippen LogP contribution in [0.25, 0.3) is 28.6 Å². The Morgan fingerprint density at radius 1 is 1.17 bits per heavy atom. The van der Waals surface area contributed by atoms with Gasteiger partial charge in [-0.3, -0.25) is 4.79 Å². The molecule has 2 aromatic carbocycles. The number of hydrogen-bond donors (Lipinski definition) is 0. The number of para-hydroxylation sites is 1. The van der Waals surface area contributed by atoms with Gasteiger partial charge >= 0.3 is 0 Å². The molecular formula is C24H28ClNO3Si. The Kier molecular flexibility index (Phi) is 6.36. The highest BCUT2D eigenvalue weighted by atomic mass is 35.5. The number of nitrogens with zero attached hydrogens (tertiary/aromatic N) is 1. The second kappa shape index (κ2) is 8.50. The molecule has 0 unspecified atom stereocenters. The van der Waals surface area contributed by atoms with E-state index in [1.807, 2.05) is 37.3 Å². The molecule has 0 aliphatic carbocycles. The van der Waals surface area contributed by atoms with Crippen molar-refractivity contribution in [1.29, 1.82) is 0 Å². The van der Waals surface area contributed by atoms with E-state index in [2.05, 4.69) is 38.8 Å². The third-order valence-electron chi connectivity index (χ3n) is 5.65. The molecule has 158 valence electrons. The highest BCUT2D eigenvalue weighted by Gasteiger charge is 2.39. The van der Waals surface area contributed by atoms with Crippen LogP contribution >= 0.6 is 11.6 Å². The van der Waals surface area contributed by atoms with Crippen molar-refractivity contribution in [2.24, 2.45) is 0 Å². The molecule has 0 aliphatic heterocycles. The SMILES string of the molecule is C[C@H](O[Si](C)(C)C(C)(C)C)C(=O)/C=C\c1cccc2oc(-c3ccc(Cl)cc3)nc12. The molecule has 0 radical (unpaired) electrons. The Morgan fingerprint density at radius 2 is 1.83 bits per heavy atom. The highest BCUT2D eigenvalue weighted by molar-refractivity contribution is 6.74. The van der Waals surface area contributed by atoms with E-state index >= 15 is 0 Å². The third-order valence-corrected chi connectivity index (χ3v) is 10.5. The van der Waals surface area contributed by atoms with E-state index in [1.165, 1.54) is 0 Å². The molecule has 4 nitrogen and oxygen atoms in total. The van der Waals surface area contributed by atoms with Crippen molar-refractivity contribution in [1.82, 2.24) is 4.98 Å². The zero-order valence-electron chi connectivity index (χ0n) is 18.3. The van der Waals surface area contributed by atoms with E-state index in [1.54, 1.807) is 24.3 Å². The Bertz CT molecular complexity index is 1080. The lowest BCUT2D eigenvalue weighted by Gasteiger charge is -2.37. The largest absolute Gasteiger partial charge is 0.436 e. The predicted molar refractivity (Wildman–Crippen MR) is 126 cm³/mol. The lowest BCUT2D eigenvalue weighted by atomic mass is 10.1. The van der Waals surface area contributed by atoms with Crippen LogP contribution in [0.1, 0.15) is 33.3 Å². The first-order valence-electron chi connectivity index (χ1n) is 10.0. The number of fused-ring (bicyclic) bond motifs is 1. The van der Waals surface area contributed by atoms with Crippen LogP contribution in [-0.4, -0.2) is 25.2 Å². The van der Waals surface area contributed by atoms with Crippen molar-refractivity contribution in [3.05, 3.63) is 59.1 Å². The number of hydrogen-bond acceptors (Lipinski definition) is 4. The van der Waals surface area contributed by atoms with Crippen LogP contribution in [-0.2, 0) is 9.22 Å². The summed E-state index contributed by atoms with van der Waals surface area (Å²) in [4.78, 5) is 17.3. The first-order valence-corrected chi connectivity index (χ1v) is 13.3. The van der Waals surface area contributed by atoms with Gasteiger partial charge in [-0.25, -0.2) is 4.98 Å². The Hall–Kier alpha value is -2.21. The fourth-order valence-corrected chi connectivity index (χ4v) is 4.28. The monoisotopic (exact) mass is 441 g/mol. The van der Waals surface area contributed by atoms with E-state index in [0.29, 0.717) is 22.0 Å². The van der Waals surface area contributed by atoms with Gasteiger partial charge in [-0.2, -0.15) is 0 Å². The molecule has 0 saturated heterocycles. The van der Waals surface area contributed by atoms with E-state index in [-0.39, 0.29) is 10.8 Å². The van der Waals surface area contributed by atoms with Gasteiger partial charge in [0.15, 0.2) is 19.7 Å². The van der Waals surface area contributed by atoms with Crippen LogP contribution in [0.2, 0.25) is 23.2 Å². The molecule has 0 saturated carbocycles. The summed E-state index contributed by atoms with van der Waals surface area (Å²) in [6.45, 7) is 12.6. The summed E-state index contributed by atoms with van der Waals surface area (Å²) in [6.07, 6.45) is 2.87. The van der Waals surface area contributed by atoms with Gasteiger partial charge in [0.25, 0.3) is 0 Å². The number of carbonyl (C=O) groups excluding carboxylic acids is 1. The Balaban J connectivity index is 1.82. The van der Waals surface area contributed by atoms with Crippen molar-refractivity contribution < 1.29 is 13.6 Å². The summed E-state index contributed by atoms with van der Waals surface area (Å²) in [7, 11) is -2.01. The van der Waals surface area contributed by atoms with Gasteiger partial charge in [0.05, 0.1) is 0 Å². The van der Waals surface area contributed by atoms with Crippen LogP contribution in [0.4, 0.5) is 0 Å². The zero-order chi connectivity index (χ0) is 22.1. The van der Waals surface area contributed by atoms with Gasteiger partial charge in [0, 0.05) is 16.1 Å². The zero-order valence-corrected chi connectivity index (χ0v) is 20.1. The summed E-state index contributed by atoms with van der Waals surface area (Å²) in [5.74, 6) is 0.460. The summed E-state index contributed by atoms with van der Waals surface area (Å²) in [6, 6.07) is 13.0. The summed E-state index contributed by atoms with van der Waals surface area (Å²) >= 11 is 5.96. The maximum atomic E-state index is 12.7. The van der Waals surface area contributed by atoms with Gasteiger partial charge < -0.3 is 8.84 Å². The molecule has 3 rings (SSSR count). The van der Waals surface area contributed by atoms with E-state index in [0.717, 1.165) is 11.1 Å². The van der Waals surface area contributed by atoms with Gasteiger partial charge in [-0.05, 0) is 67.5 Å². The second-order valence-electron chi connectivity index (χ2n) is 8.98. The van der Waals surface area contributed by atoms with Gasteiger partial charge in [0.1, 0.15) is 11.6 Å². The molecule has 3 aromatic rings. The number of rotatable bonds is 6. The van der Waals surface area contributed by atoms with Crippen molar-refractivity contribution >= 4 is 42.9 Å². The van der Waals surface area contributed by atoms with Crippen LogP contribution in [0.5, 0.6) is 0 Å². The predicted octanol–water partition coefficient (Wildman–Crippen LogP) is 7.14. The Labute approximate surface area is 184 Å². The fourth-order valence-electron chi connectivity index (χ4n) is 2.80. The number of carbonyl (C=O) groups is 1. The number of halogens is 1. The average molecular weight is 442 g/mol. The molecule has 1 heterocycles. The number of oxazole rings is 1. The van der Waals surface area contributed by atoms with Gasteiger partial charge in [0.2, 0.25) is 5.89 Å². The van der Waals surface area contributed by atoms with Gasteiger partial charge in [-0.15, -0.1) is 0 Å². The molecule has 0 N–H and O–H groups in total. The standard InChI is InChI=1S/C24H28ClNO3Si/c1-16(29-30(5,6)24(2,3)4)20(27)15-12-17-8-7-9-21-22(17)26-23(28-21)18-10-13-19(25)14-11-18/h7-16H,1-6H3/b15-12-/t16-/m0/s1. The van der Waals surface area contributed by atoms with Crippen LogP contribution in [0, 0.1) is 0 Å². The molecule has 0 amide bonds. The minimum Gasteiger partial charge on any atom is -0.436 e. The molecular weight excluding hydrogens is 414 g/mol. The first kappa shape index (κ1) is 22.5. The maximum Gasteiger partial charge on any atom is 0.227 e. The van der Waals surface area contributed by atoms with Crippen molar-refractivity contribution in [2.75, 3.05) is 0 Å². The van der Waals surface area contributed by atoms with E-state index < -0.39 is 14.4 Å². The van der Waals surface area contributed by atoms with Crippen LogP contribution in [0.15, 0.2) is 53.0 Å². The molecule has 1 aromatic heterocycles. The topological polar surface area (TPSA) is 52.3 Å². The lowest BCUT2D eigenvalue weighted by Crippen LogP contribution is -2.44. The minimum absolute atomic E-state index is 0.0512. The third kappa shape index (κ3) is 4.91. The average Bonchev–Trinajstić information content (AvgIpc) is 3.10. The van der Waals surface area contributed by atoms with E-state index in [9.17, 15) is 4.79 Å². The first-order chi connectivity index (χ1) is 14.0. The smallest absolute Gasteiger partial charge is 0.227 e. The molecule has 1 atom stereocenters. The quantitative estimate of drug-likeness (QED) is 0.301. The number of aromatic nitrogens is 1. The molecule has 0 fully saturated rings. The second-order valence-corrected chi connectivity index (χ2v) is 14.2.